The van der Waals surface area contributed by atoms with Crippen LogP contribution in [0.4, 0.5) is 4.79 Å². The normalized spacial score (nSPS) is 22.5. The molecular weight excluding hydrogens is 272 g/mol. The van der Waals surface area contributed by atoms with Gasteiger partial charge in [0.25, 0.3) is 0 Å². The van der Waals surface area contributed by atoms with E-state index in [9.17, 15) is 4.79 Å². The molecule has 0 spiro atoms. The predicted octanol–water partition coefficient (Wildman–Crippen LogP) is 2.28. The summed E-state index contributed by atoms with van der Waals surface area (Å²) in [7, 11) is 1.93. The van der Waals surface area contributed by atoms with Crippen LogP contribution in [0.1, 0.15) is 38.4 Å². The molecule has 6 heteroatoms. The summed E-state index contributed by atoms with van der Waals surface area (Å²) in [5.74, 6) is 2.02. The zero-order chi connectivity index (χ0) is 14.4. The Labute approximate surface area is 124 Å². The first-order chi connectivity index (χ1) is 9.69. The van der Waals surface area contributed by atoms with Gasteiger partial charge in [0.2, 0.25) is 0 Å². The maximum atomic E-state index is 11.9. The molecule has 1 aromatic rings. The fraction of sp³-hybridized carbons (Fsp3) is 0.714. The second-order valence-corrected chi connectivity index (χ2v) is 6.80. The number of hydrogen-bond donors (Lipinski definition) is 2. The van der Waals surface area contributed by atoms with Gasteiger partial charge < -0.3 is 15.2 Å². The third-order valence-electron chi connectivity index (χ3n) is 3.69. The van der Waals surface area contributed by atoms with Crippen molar-refractivity contribution >= 4 is 17.8 Å². The minimum Gasteiger partial charge on any atom is -0.337 e. The van der Waals surface area contributed by atoms with E-state index in [4.69, 9.17) is 0 Å². The van der Waals surface area contributed by atoms with Crippen molar-refractivity contribution in [2.45, 2.75) is 50.4 Å². The van der Waals surface area contributed by atoms with Crippen LogP contribution in [0.3, 0.4) is 0 Å². The van der Waals surface area contributed by atoms with Gasteiger partial charge in [0.05, 0.1) is 6.54 Å². The lowest BCUT2D eigenvalue weighted by Crippen LogP contribution is -2.44. The molecule has 2 amide bonds. The molecule has 2 rings (SSSR count). The maximum Gasteiger partial charge on any atom is 0.315 e. The van der Waals surface area contributed by atoms with Crippen LogP contribution in [0, 0.1) is 0 Å². The van der Waals surface area contributed by atoms with Crippen LogP contribution >= 0.6 is 11.8 Å². The number of carbonyl (C=O) groups is 1. The van der Waals surface area contributed by atoms with Crippen molar-refractivity contribution < 1.29 is 4.79 Å². The zero-order valence-corrected chi connectivity index (χ0v) is 13.1. The average Bonchev–Trinajstić information content (AvgIpc) is 2.83. The molecule has 1 saturated carbocycles. The topological polar surface area (TPSA) is 59.0 Å². The van der Waals surface area contributed by atoms with E-state index in [1.807, 2.05) is 29.6 Å². The highest BCUT2D eigenvalue weighted by molar-refractivity contribution is 7.99. The number of nitrogens with one attached hydrogen (secondary N) is 2. The summed E-state index contributed by atoms with van der Waals surface area (Å²) in [5, 5.41) is 6.67. The number of rotatable bonds is 5. The Morgan fingerprint density at radius 1 is 1.55 bits per heavy atom. The van der Waals surface area contributed by atoms with Gasteiger partial charge in [0, 0.05) is 30.7 Å². The van der Waals surface area contributed by atoms with E-state index in [0.717, 1.165) is 24.4 Å². The maximum absolute atomic E-state index is 11.9. The molecule has 0 unspecified atom stereocenters. The van der Waals surface area contributed by atoms with E-state index in [1.54, 1.807) is 6.20 Å². The van der Waals surface area contributed by atoms with Gasteiger partial charge in [-0.25, -0.2) is 9.78 Å². The molecule has 20 heavy (non-hydrogen) atoms. The highest BCUT2D eigenvalue weighted by Gasteiger charge is 2.23. The predicted molar refractivity (Wildman–Crippen MR) is 82.8 cm³/mol. The van der Waals surface area contributed by atoms with Crippen LogP contribution in [0.15, 0.2) is 12.4 Å². The van der Waals surface area contributed by atoms with Gasteiger partial charge in [-0.2, -0.15) is 11.8 Å². The van der Waals surface area contributed by atoms with Crippen molar-refractivity contribution in [2.75, 3.05) is 5.75 Å². The highest BCUT2D eigenvalue weighted by atomic mass is 32.2. The molecule has 0 radical (unpaired) electrons. The number of aromatic nitrogens is 2. The van der Waals surface area contributed by atoms with E-state index in [-0.39, 0.29) is 6.03 Å². The van der Waals surface area contributed by atoms with Crippen molar-refractivity contribution in [1.29, 1.82) is 0 Å². The number of carbonyl (C=O) groups excluding carboxylic acids is 1. The lowest BCUT2D eigenvalue weighted by molar-refractivity contribution is 0.232. The molecule has 112 valence electrons. The van der Waals surface area contributed by atoms with Crippen LogP contribution in [-0.2, 0) is 13.6 Å². The molecule has 0 saturated heterocycles. The monoisotopic (exact) mass is 296 g/mol. The molecule has 1 heterocycles. The largest absolute Gasteiger partial charge is 0.337 e. The molecule has 0 bridgehead atoms. The molecule has 1 aliphatic rings. The van der Waals surface area contributed by atoms with Crippen LogP contribution < -0.4 is 10.6 Å². The first-order valence-corrected chi connectivity index (χ1v) is 8.36. The van der Waals surface area contributed by atoms with E-state index in [2.05, 4.69) is 22.5 Å². The second kappa shape index (κ2) is 7.57. The number of nitrogens with zero attached hydrogens (tertiary/aromatic N) is 2. The fourth-order valence-corrected chi connectivity index (χ4v) is 3.80. The number of imidazole rings is 1. The Hall–Kier alpha value is -1.17. The Morgan fingerprint density at radius 2 is 2.40 bits per heavy atom. The first kappa shape index (κ1) is 15.2. The van der Waals surface area contributed by atoms with Crippen molar-refractivity contribution in [3.63, 3.8) is 0 Å². The number of hydrogen-bond acceptors (Lipinski definition) is 3. The van der Waals surface area contributed by atoms with Crippen LogP contribution in [0.25, 0.3) is 0 Å². The van der Waals surface area contributed by atoms with Gasteiger partial charge in [-0.3, -0.25) is 0 Å². The van der Waals surface area contributed by atoms with E-state index in [0.29, 0.717) is 17.8 Å². The minimum atomic E-state index is -0.0832. The van der Waals surface area contributed by atoms with Gasteiger partial charge >= 0.3 is 6.03 Å². The third kappa shape index (κ3) is 4.44. The standard InChI is InChI=1S/C14H24N4OS/c1-3-20-12-6-4-5-11(9-12)17-14(19)16-10-13-15-7-8-18(13)2/h7-8,11-12H,3-6,9-10H2,1-2H3,(H2,16,17,19)/t11-,12-/m0/s1. The molecular formula is C14H24N4OS. The molecule has 1 fully saturated rings. The first-order valence-electron chi connectivity index (χ1n) is 7.31. The smallest absolute Gasteiger partial charge is 0.315 e. The summed E-state index contributed by atoms with van der Waals surface area (Å²) in [6.45, 7) is 2.66. The molecule has 2 N–H and O–H groups in total. The number of aryl methyl sites for hydroxylation is 1. The highest BCUT2D eigenvalue weighted by Crippen LogP contribution is 2.28. The summed E-state index contributed by atoms with van der Waals surface area (Å²) in [6, 6.07) is 0.231. The molecule has 5 nitrogen and oxygen atoms in total. The Bertz CT molecular complexity index is 433. The molecule has 1 aliphatic carbocycles. The fourth-order valence-electron chi connectivity index (χ4n) is 2.63. The summed E-state index contributed by atoms with van der Waals surface area (Å²) in [6.07, 6.45) is 8.30. The quantitative estimate of drug-likeness (QED) is 0.876. The van der Waals surface area contributed by atoms with Crippen LogP contribution in [0.2, 0.25) is 0 Å². The van der Waals surface area contributed by atoms with Crippen LogP contribution in [-0.4, -0.2) is 32.6 Å². The van der Waals surface area contributed by atoms with Crippen molar-refractivity contribution in [3.8, 4) is 0 Å². The summed E-state index contributed by atoms with van der Waals surface area (Å²) < 4.78 is 1.91. The second-order valence-electron chi connectivity index (χ2n) is 5.22. The molecule has 1 aromatic heterocycles. The molecule has 0 aromatic carbocycles. The van der Waals surface area contributed by atoms with Crippen molar-refractivity contribution in [3.05, 3.63) is 18.2 Å². The Balaban J connectivity index is 1.72. The van der Waals surface area contributed by atoms with Gasteiger partial charge in [-0.1, -0.05) is 13.3 Å². The van der Waals surface area contributed by atoms with Crippen LogP contribution in [0.5, 0.6) is 0 Å². The van der Waals surface area contributed by atoms with Crippen molar-refractivity contribution in [1.82, 2.24) is 20.2 Å². The summed E-state index contributed by atoms with van der Waals surface area (Å²) in [5.41, 5.74) is 0. The Kier molecular flexibility index (Phi) is 5.76. The SMILES string of the molecule is CCS[C@H]1CCC[C@H](NC(=O)NCc2nccn2C)C1. The number of urea groups is 1. The van der Waals surface area contributed by atoms with Gasteiger partial charge in [0.15, 0.2) is 0 Å². The third-order valence-corrected chi connectivity index (χ3v) is 4.92. The van der Waals surface area contributed by atoms with Gasteiger partial charge in [-0.15, -0.1) is 0 Å². The summed E-state index contributed by atoms with van der Waals surface area (Å²) >= 11 is 2.01. The number of amides is 2. The molecule has 0 aliphatic heterocycles. The lowest BCUT2D eigenvalue weighted by atomic mass is 9.95. The average molecular weight is 296 g/mol. The van der Waals surface area contributed by atoms with Gasteiger partial charge in [-0.05, 0) is 25.0 Å². The van der Waals surface area contributed by atoms with E-state index < -0.39 is 0 Å². The zero-order valence-electron chi connectivity index (χ0n) is 12.3. The molecule has 2 atom stereocenters. The lowest BCUT2D eigenvalue weighted by Gasteiger charge is -2.29. The Morgan fingerprint density at radius 3 is 3.10 bits per heavy atom. The summed E-state index contributed by atoms with van der Waals surface area (Å²) in [4.78, 5) is 16.1. The van der Waals surface area contributed by atoms with Crippen molar-refractivity contribution in [2.24, 2.45) is 7.05 Å². The number of thioether (sulfide) groups is 1. The minimum absolute atomic E-state index is 0.0832. The van der Waals surface area contributed by atoms with Gasteiger partial charge in [0.1, 0.15) is 5.82 Å². The van der Waals surface area contributed by atoms with E-state index >= 15 is 0 Å². The van der Waals surface area contributed by atoms with E-state index in [1.165, 1.54) is 12.8 Å².